The van der Waals surface area contributed by atoms with Crippen LogP contribution in [0.4, 0.5) is 0 Å². The second-order valence-electron chi connectivity index (χ2n) is 4.84. The van der Waals surface area contributed by atoms with Crippen LogP contribution in [0.25, 0.3) is 0 Å². The molecule has 16 heavy (non-hydrogen) atoms. The molecule has 0 N–H and O–H groups in total. The molecule has 0 aromatic heterocycles. The summed E-state index contributed by atoms with van der Waals surface area (Å²) in [4.78, 5) is 0. The molecule has 1 fully saturated rings. The molecule has 0 aliphatic heterocycles. The summed E-state index contributed by atoms with van der Waals surface area (Å²) in [6.45, 7) is 2.16. The number of rotatable bonds is 2. The highest BCUT2D eigenvalue weighted by Crippen LogP contribution is 2.36. The van der Waals surface area contributed by atoms with Crippen molar-refractivity contribution in [2.45, 2.75) is 38.5 Å². The van der Waals surface area contributed by atoms with Crippen molar-refractivity contribution in [3.05, 3.63) is 45.6 Å². The van der Waals surface area contributed by atoms with E-state index in [0.717, 1.165) is 11.8 Å². The molecule has 86 valence electrons. The van der Waals surface area contributed by atoms with Crippen molar-refractivity contribution in [1.82, 2.24) is 0 Å². The van der Waals surface area contributed by atoms with Crippen molar-refractivity contribution in [3.8, 4) is 0 Å². The zero-order chi connectivity index (χ0) is 11.4. The van der Waals surface area contributed by atoms with Gasteiger partial charge in [-0.2, -0.15) is 0 Å². The van der Waals surface area contributed by atoms with Gasteiger partial charge < -0.3 is 0 Å². The third kappa shape index (κ3) is 3.09. The molecule has 0 saturated heterocycles. The van der Waals surface area contributed by atoms with E-state index in [4.69, 9.17) is 0 Å². The summed E-state index contributed by atoms with van der Waals surface area (Å²) in [6.07, 6.45) is 7.80. The topological polar surface area (TPSA) is 0 Å². The third-order valence-corrected chi connectivity index (χ3v) is 4.08. The van der Waals surface area contributed by atoms with E-state index in [1.165, 1.54) is 31.2 Å². The van der Waals surface area contributed by atoms with Crippen LogP contribution in [-0.2, 0) is 0 Å². The van der Waals surface area contributed by atoms with Crippen molar-refractivity contribution in [3.63, 3.8) is 0 Å². The number of halogens is 1. The van der Waals surface area contributed by atoms with Crippen molar-refractivity contribution in [1.29, 1.82) is 0 Å². The van der Waals surface area contributed by atoms with Crippen LogP contribution in [0.5, 0.6) is 0 Å². The minimum absolute atomic E-state index is 0.805. The van der Waals surface area contributed by atoms with Crippen LogP contribution in [0.3, 0.4) is 0 Å². The van der Waals surface area contributed by atoms with Gasteiger partial charge >= 0.3 is 0 Å². The molecule has 0 unspecified atom stereocenters. The Morgan fingerprint density at radius 1 is 1.06 bits per heavy atom. The van der Waals surface area contributed by atoms with E-state index in [-0.39, 0.29) is 0 Å². The van der Waals surface area contributed by atoms with Crippen LogP contribution in [0.15, 0.2) is 34.4 Å². The molecule has 1 aromatic carbocycles. The molecule has 0 atom stereocenters. The van der Waals surface area contributed by atoms with Gasteiger partial charge in [0.15, 0.2) is 0 Å². The summed E-state index contributed by atoms with van der Waals surface area (Å²) in [7, 11) is 0. The lowest BCUT2D eigenvalue weighted by Gasteiger charge is -2.27. The van der Waals surface area contributed by atoms with Crippen LogP contribution in [0.2, 0.25) is 0 Å². The standard InChI is InChI=1S/C15H19I/c1-12-2-6-14(7-3-12)15-8-4-13(5-9-15)10-11-16/h2-3,6-7,10-11,13,15H,4-5,8-9H2,1H3. The molecule has 0 heterocycles. The predicted octanol–water partition coefficient (Wildman–Crippen LogP) is 5.22. The molecule has 2 rings (SSSR count). The van der Waals surface area contributed by atoms with Gasteiger partial charge in [-0.15, -0.1) is 0 Å². The van der Waals surface area contributed by atoms with Gasteiger partial charge in [-0.05, 0) is 54.1 Å². The average molecular weight is 326 g/mol. The summed E-state index contributed by atoms with van der Waals surface area (Å²) >= 11 is 2.33. The zero-order valence-electron chi connectivity index (χ0n) is 9.83. The van der Waals surface area contributed by atoms with E-state index < -0.39 is 0 Å². The Bertz CT molecular complexity index is 342. The van der Waals surface area contributed by atoms with E-state index in [1.807, 2.05) is 0 Å². The maximum atomic E-state index is 2.37. The molecule has 1 aliphatic carbocycles. The minimum Gasteiger partial charge on any atom is -0.0753 e. The monoisotopic (exact) mass is 326 g/mol. The van der Waals surface area contributed by atoms with Gasteiger partial charge in [-0.1, -0.05) is 58.5 Å². The quantitative estimate of drug-likeness (QED) is 0.654. The summed E-state index contributed by atoms with van der Waals surface area (Å²) < 4.78 is 2.18. The second-order valence-corrected chi connectivity index (χ2v) is 5.56. The summed E-state index contributed by atoms with van der Waals surface area (Å²) in [6, 6.07) is 9.11. The van der Waals surface area contributed by atoms with Crippen molar-refractivity contribution in [2.75, 3.05) is 0 Å². The minimum atomic E-state index is 0.805. The van der Waals surface area contributed by atoms with Gasteiger partial charge in [0.05, 0.1) is 0 Å². The Labute approximate surface area is 112 Å². The molecule has 0 radical (unpaired) electrons. The van der Waals surface area contributed by atoms with Crippen LogP contribution in [-0.4, -0.2) is 0 Å². The number of allylic oxidation sites excluding steroid dienone is 1. The van der Waals surface area contributed by atoms with Crippen LogP contribution < -0.4 is 0 Å². The molecule has 1 aromatic rings. The highest BCUT2D eigenvalue weighted by molar-refractivity contribution is 14.1. The Morgan fingerprint density at radius 3 is 2.25 bits per heavy atom. The molecule has 1 heteroatoms. The second kappa shape index (κ2) is 5.85. The Hall–Kier alpha value is -0.310. The third-order valence-electron chi connectivity index (χ3n) is 3.67. The molecule has 0 spiro atoms. The van der Waals surface area contributed by atoms with Gasteiger partial charge in [0.25, 0.3) is 0 Å². The summed E-state index contributed by atoms with van der Waals surface area (Å²) in [5.41, 5.74) is 2.91. The average Bonchev–Trinajstić information content (AvgIpc) is 2.32. The molecule has 1 saturated carbocycles. The number of hydrogen-bond donors (Lipinski definition) is 0. The Morgan fingerprint density at radius 2 is 1.69 bits per heavy atom. The molecular formula is C15H19I. The highest BCUT2D eigenvalue weighted by atomic mass is 127. The van der Waals surface area contributed by atoms with E-state index in [1.54, 1.807) is 5.56 Å². The number of hydrogen-bond acceptors (Lipinski definition) is 0. The maximum Gasteiger partial charge on any atom is -0.0162 e. The van der Waals surface area contributed by atoms with Crippen molar-refractivity contribution >= 4 is 22.6 Å². The van der Waals surface area contributed by atoms with Gasteiger partial charge in [0.2, 0.25) is 0 Å². The lowest BCUT2D eigenvalue weighted by atomic mass is 9.79. The number of aryl methyl sites for hydroxylation is 1. The molecule has 0 bridgehead atoms. The normalized spacial score (nSPS) is 26.1. The SMILES string of the molecule is Cc1ccc(C2CCC(C=CI)CC2)cc1. The number of benzene rings is 1. The van der Waals surface area contributed by atoms with Crippen LogP contribution in [0.1, 0.15) is 42.7 Å². The van der Waals surface area contributed by atoms with Crippen LogP contribution in [0, 0.1) is 12.8 Å². The molecule has 0 amide bonds. The Balaban J connectivity index is 1.96. The Kier molecular flexibility index (Phi) is 4.45. The molecule has 1 aliphatic rings. The van der Waals surface area contributed by atoms with Gasteiger partial charge in [-0.25, -0.2) is 0 Å². The van der Waals surface area contributed by atoms with E-state index in [0.29, 0.717) is 0 Å². The first kappa shape index (κ1) is 12.2. The zero-order valence-corrected chi connectivity index (χ0v) is 12.0. The van der Waals surface area contributed by atoms with E-state index in [9.17, 15) is 0 Å². The fourth-order valence-corrected chi connectivity index (χ4v) is 3.17. The molecule has 0 nitrogen and oxygen atoms in total. The first-order valence-corrected chi connectivity index (χ1v) is 7.37. The summed E-state index contributed by atoms with van der Waals surface area (Å²) in [5.74, 6) is 1.64. The fourth-order valence-electron chi connectivity index (χ4n) is 2.59. The lowest BCUT2D eigenvalue weighted by molar-refractivity contribution is 0.376. The van der Waals surface area contributed by atoms with Crippen LogP contribution >= 0.6 is 22.6 Å². The first-order chi connectivity index (χ1) is 7.79. The fraction of sp³-hybridized carbons (Fsp3) is 0.467. The largest absolute Gasteiger partial charge is 0.0753 e. The highest BCUT2D eigenvalue weighted by Gasteiger charge is 2.20. The van der Waals surface area contributed by atoms with E-state index in [2.05, 4.69) is 63.9 Å². The molecular weight excluding hydrogens is 307 g/mol. The van der Waals surface area contributed by atoms with Gasteiger partial charge in [0, 0.05) is 0 Å². The first-order valence-electron chi connectivity index (χ1n) is 6.13. The van der Waals surface area contributed by atoms with Gasteiger partial charge in [-0.3, -0.25) is 0 Å². The van der Waals surface area contributed by atoms with Gasteiger partial charge in [0.1, 0.15) is 0 Å². The van der Waals surface area contributed by atoms with E-state index >= 15 is 0 Å². The maximum absolute atomic E-state index is 2.37. The summed E-state index contributed by atoms with van der Waals surface area (Å²) in [5, 5.41) is 0. The lowest BCUT2D eigenvalue weighted by Crippen LogP contribution is -2.11. The smallest absolute Gasteiger partial charge is 0.0162 e. The predicted molar refractivity (Wildman–Crippen MR) is 79.0 cm³/mol. The van der Waals surface area contributed by atoms with Crippen molar-refractivity contribution in [2.24, 2.45) is 5.92 Å². The van der Waals surface area contributed by atoms with Crippen molar-refractivity contribution < 1.29 is 0 Å².